The minimum absolute atomic E-state index is 0.0253. The van der Waals surface area contributed by atoms with E-state index in [9.17, 15) is 26.4 Å². The molecule has 1 unspecified atom stereocenters. The Morgan fingerprint density at radius 2 is 1.89 bits per heavy atom. The lowest BCUT2D eigenvalue weighted by Gasteiger charge is -2.14. The fraction of sp³-hybridized carbons (Fsp3) is 0.529. The molecule has 0 spiro atoms. The SMILES string of the molecule is CN=C(NCCC(=O)NC1CCS(=O)(=O)C1)NCc1ccc(C(F)(F)F)cc1. The van der Waals surface area contributed by atoms with Gasteiger partial charge >= 0.3 is 6.18 Å². The monoisotopic (exact) mass is 420 g/mol. The first kappa shape index (κ1) is 22.0. The molecule has 0 aromatic heterocycles. The lowest BCUT2D eigenvalue weighted by Crippen LogP contribution is -2.40. The number of aliphatic imine (C=N–C) groups is 1. The van der Waals surface area contributed by atoms with Crippen molar-refractivity contribution in [1.82, 2.24) is 16.0 Å². The van der Waals surface area contributed by atoms with Gasteiger partial charge in [-0.25, -0.2) is 8.42 Å². The largest absolute Gasteiger partial charge is 0.416 e. The highest BCUT2D eigenvalue weighted by Gasteiger charge is 2.30. The molecule has 1 heterocycles. The summed E-state index contributed by atoms with van der Waals surface area (Å²) in [7, 11) is -1.51. The average Bonchev–Trinajstić information content (AvgIpc) is 2.95. The van der Waals surface area contributed by atoms with Crippen LogP contribution < -0.4 is 16.0 Å². The number of amides is 1. The molecule has 1 fully saturated rings. The minimum atomic E-state index is -4.37. The zero-order valence-electron chi connectivity index (χ0n) is 15.3. The number of hydrogen-bond donors (Lipinski definition) is 3. The Bertz CT molecular complexity index is 808. The van der Waals surface area contributed by atoms with Crippen LogP contribution in [0, 0.1) is 0 Å². The second-order valence-corrected chi connectivity index (χ2v) is 8.69. The number of sulfone groups is 1. The molecule has 0 bridgehead atoms. The van der Waals surface area contributed by atoms with Crippen LogP contribution in [0.15, 0.2) is 29.3 Å². The van der Waals surface area contributed by atoms with E-state index in [-0.39, 0.29) is 43.0 Å². The van der Waals surface area contributed by atoms with Crippen molar-refractivity contribution in [3.8, 4) is 0 Å². The summed E-state index contributed by atoms with van der Waals surface area (Å²) in [5.41, 5.74) is -0.0593. The van der Waals surface area contributed by atoms with Crippen LogP contribution in [0.5, 0.6) is 0 Å². The first-order valence-electron chi connectivity index (χ1n) is 8.69. The third kappa shape index (κ3) is 7.02. The van der Waals surface area contributed by atoms with Crippen LogP contribution in [0.25, 0.3) is 0 Å². The van der Waals surface area contributed by atoms with Crippen molar-refractivity contribution in [3.63, 3.8) is 0 Å². The minimum Gasteiger partial charge on any atom is -0.356 e. The Labute approximate surface area is 161 Å². The quantitative estimate of drug-likeness (QED) is 0.472. The normalized spacial score (nSPS) is 19.3. The summed E-state index contributed by atoms with van der Waals surface area (Å²) in [5.74, 6) is 0.211. The first-order valence-corrected chi connectivity index (χ1v) is 10.5. The Hall–Kier alpha value is -2.30. The molecule has 3 N–H and O–H groups in total. The molecule has 1 aromatic carbocycles. The molecule has 1 aliphatic rings. The average molecular weight is 420 g/mol. The molecule has 1 atom stereocenters. The predicted octanol–water partition coefficient (Wildman–Crippen LogP) is 1.06. The maximum atomic E-state index is 12.6. The molecule has 1 saturated heterocycles. The highest BCUT2D eigenvalue weighted by atomic mass is 32.2. The predicted molar refractivity (Wildman–Crippen MR) is 99.5 cm³/mol. The van der Waals surface area contributed by atoms with Crippen LogP contribution >= 0.6 is 0 Å². The molecule has 156 valence electrons. The highest BCUT2D eigenvalue weighted by Crippen LogP contribution is 2.29. The Morgan fingerprint density at radius 3 is 2.43 bits per heavy atom. The zero-order valence-corrected chi connectivity index (χ0v) is 16.2. The van der Waals surface area contributed by atoms with Crippen LogP contribution in [-0.4, -0.2) is 51.4 Å². The summed E-state index contributed by atoms with van der Waals surface area (Å²) in [6, 6.07) is 4.45. The molecule has 28 heavy (non-hydrogen) atoms. The van der Waals surface area contributed by atoms with E-state index in [2.05, 4.69) is 20.9 Å². The lowest BCUT2D eigenvalue weighted by atomic mass is 10.1. The summed E-state index contributed by atoms with van der Waals surface area (Å²) >= 11 is 0. The van der Waals surface area contributed by atoms with E-state index >= 15 is 0 Å². The van der Waals surface area contributed by atoms with Crippen LogP contribution in [-0.2, 0) is 27.4 Å². The summed E-state index contributed by atoms with van der Waals surface area (Å²) in [6.45, 7) is 0.544. The van der Waals surface area contributed by atoms with Gasteiger partial charge in [-0.05, 0) is 24.1 Å². The fourth-order valence-corrected chi connectivity index (χ4v) is 4.39. The van der Waals surface area contributed by atoms with Crippen molar-refractivity contribution in [2.24, 2.45) is 4.99 Å². The molecule has 1 amide bonds. The summed E-state index contributed by atoms with van der Waals surface area (Å²) in [5, 5.41) is 8.57. The van der Waals surface area contributed by atoms with E-state index in [1.165, 1.54) is 19.2 Å². The highest BCUT2D eigenvalue weighted by molar-refractivity contribution is 7.91. The zero-order chi connectivity index (χ0) is 20.8. The van der Waals surface area contributed by atoms with Crippen molar-refractivity contribution in [3.05, 3.63) is 35.4 Å². The number of benzene rings is 1. The van der Waals surface area contributed by atoms with Crippen LogP contribution in [0.3, 0.4) is 0 Å². The summed E-state index contributed by atoms with van der Waals surface area (Å²) < 4.78 is 60.4. The second kappa shape index (κ2) is 9.26. The van der Waals surface area contributed by atoms with Gasteiger partial charge in [0.1, 0.15) is 0 Å². The lowest BCUT2D eigenvalue weighted by molar-refractivity contribution is -0.137. The van der Waals surface area contributed by atoms with Gasteiger partial charge in [-0.3, -0.25) is 9.79 Å². The van der Waals surface area contributed by atoms with Gasteiger partial charge in [0.25, 0.3) is 0 Å². The van der Waals surface area contributed by atoms with Gasteiger partial charge in [0.2, 0.25) is 5.91 Å². The maximum Gasteiger partial charge on any atom is 0.416 e. The number of nitrogens with zero attached hydrogens (tertiary/aromatic N) is 1. The summed E-state index contributed by atoms with van der Waals surface area (Å²) in [6.07, 6.45) is -3.80. The summed E-state index contributed by atoms with van der Waals surface area (Å²) in [4.78, 5) is 15.9. The molecular weight excluding hydrogens is 397 g/mol. The van der Waals surface area contributed by atoms with Gasteiger partial charge in [-0.15, -0.1) is 0 Å². The van der Waals surface area contributed by atoms with Crippen molar-refractivity contribution in [1.29, 1.82) is 0 Å². The number of nitrogens with one attached hydrogen (secondary N) is 3. The van der Waals surface area contributed by atoms with Crippen LogP contribution in [0.1, 0.15) is 24.0 Å². The van der Waals surface area contributed by atoms with Crippen LogP contribution in [0.4, 0.5) is 13.2 Å². The van der Waals surface area contributed by atoms with E-state index in [0.717, 1.165) is 12.1 Å². The Kier molecular flexibility index (Phi) is 7.28. The topological polar surface area (TPSA) is 99.7 Å². The Morgan fingerprint density at radius 1 is 1.21 bits per heavy atom. The number of guanidine groups is 1. The third-order valence-corrected chi connectivity index (χ3v) is 5.97. The van der Waals surface area contributed by atoms with Gasteiger partial charge < -0.3 is 16.0 Å². The van der Waals surface area contributed by atoms with E-state index < -0.39 is 21.6 Å². The van der Waals surface area contributed by atoms with Gasteiger partial charge in [-0.1, -0.05) is 12.1 Å². The van der Waals surface area contributed by atoms with Crippen molar-refractivity contribution < 1.29 is 26.4 Å². The van der Waals surface area contributed by atoms with Crippen molar-refractivity contribution in [2.75, 3.05) is 25.1 Å². The standard InChI is InChI=1S/C17H23F3N4O3S/c1-21-16(23-10-12-2-4-13(5-3-12)17(18,19)20)22-8-6-15(25)24-14-7-9-28(26,27)11-14/h2-5,14H,6-11H2,1H3,(H,24,25)(H2,21,22,23). The molecule has 0 saturated carbocycles. The van der Waals surface area contributed by atoms with E-state index in [1.807, 2.05) is 0 Å². The smallest absolute Gasteiger partial charge is 0.356 e. The van der Waals surface area contributed by atoms with E-state index in [0.29, 0.717) is 17.9 Å². The first-order chi connectivity index (χ1) is 13.1. The Balaban J connectivity index is 1.70. The molecular formula is C17H23F3N4O3S. The van der Waals surface area contributed by atoms with Crippen molar-refractivity contribution in [2.45, 2.75) is 31.6 Å². The van der Waals surface area contributed by atoms with Crippen molar-refractivity contribution >= 4 is 21.7 Å². The molecule has 2 rings (SSSR count). The van der Waals surface area contributed by atoms with Crippen LogP contribution in [0.2, 0.25) is 0 Å². The van der Waals surface area contributed by atoms with Gasteiger partial charge in [0.15, 0.2) is 15.8 Å². The maximum absolute atomic E-state index is 12.6. The number of halogens is 3. The fourth-order valence-electron chi connectivity index (χ4n) is 2.72. The number of carbonyl (C=O) groups is 1. The van der Waals surface area contributed by atoms with E-state index in [4.69, 9.17) is 0 Å². The molecule has 11 heteroatoms. The van der Waals surface area contributed by atoms with E-state index in [1.54, 1.807) is 0 Å². The molecule has 1 aromatic rings. The number of alkyl halides is 3. The number of carbonyl (C=O) groups excluding carboxylic acids is 1. The second-order valence-electron chi connectivity index (χ2n) is 6.46. The van der Waals surface area contributed by atoms with Gasteiger partial charge in [0.05, 0.1) is 17.1 Å². The number of rotatable bonds is 6. The molecule has 0 radical (unpaired) electrons. The molecule has 1 aliphatic heterocycles. The van der Waals surface area contributed by atoms with Gasteiger partial charge in [-0.2, -0.15) is 13.2 Å². The number of hydrogen-bond acceptors (Lipinski definition) is 4. The van der Waals surface area contributed by atoms with Gasteiger partial charge in [0, 0.05) is 32.6 Å². The third-order valence-electron chi connectivity index (χ3n) is 4.21. The molecule has 0 aliphatic carbocycles. The molecule has 7 nitrogen and oxygen atoms in total.